The molecule has 0 aromatic heterocycles. The summed E-state index contributed by atoms with van der Waals surface area (Å²) in [5, 5.41) is 2.96. The van der Waals surface area contributed by atoms with Crippen LogP contribution in [0.3, 0.4) is 0 Å². The summed E-state index contributed by atoms with van der Waals surface area (Å²) in [5.41, 5.74) is 4.29. The van der Waals surface area contributed by atoms with Gasteiger partial charge >= 0.3 is 0 Å². The molecule has 0 aliphatic heterocycles. The molecule has 0 heterocycles. The first-order valence-electron chi connectivity index (χ1n) is 10.0. The van der Waals surface area contributed by atoms with Crippen molar-refractivity contribution in [2.24, 2.45) is 0 Å². The SMILES string of the molecule is CC[C@H](C(=O)NC(C)C)N(Cc1ccc(C)cc1)C(=O)Cc1cccc(C)c1. The third-order valence-electron chi connectivity index (χ3n) is 4.73. The summed E-state index contributed by atoms with van der Waals surface area (Å²) in [5.74, 6) is -0.126. The molecule has 0 bridgehead atoms. The Morgan fingerprint density at radius 1 is 0.964 bits per heavy atom. The number of hydrogen-bond acceptors (Lipinski definition) is 2. The van der Waals surface area contributed by atoms with Crippen molar-refractivity contribution in [3.63, 3.8) is 0 Å². The van der Waals surface area contributed by atoms with E-state index < -0.39 is 6.04 Å². The number of hydrogen-bond donors (Lipinski definition) is 1. The second-order valence-electron chi connectivity index (χ2n) is 7.76. The Kier molecular flexibility index (Phi) is 7.80. The number of aryl methyl sites for hydroxylation is 2. The molecule has 2 rings (SSSR count). The molecule has 28 heavy (non-hydrogen) atoms. The van der Waals surface area contributed by atoms with E-state index in [1.165, 1.54) is 5.56 Å². The molecule has 150 valence electrons. The van der Waals surface area contributed by atoms with Crippen LogP contribution in [0.2, 0.25) is 0 Å². The largest absolute Gasteiger partial charge is 0.352 e. The monoisotopic (exact) mass is 380 g/mol. The lowest BCUT2D eigenvalue weighted by Crippen LogP contribution is -2.50. The summed E-state index contributed by atoms with van der Waals surface area (Å²) in [6, 6.07) is 15.6. The molecular weight excluding hydrogens is 348 g/mol. The molecule has 0 saturated carbocycles. The maximum Gasteiger partial charge on any atom is 0.243 e. The highest BCUT2D eigenvalue weighted by Gasteiger charge is 2.28. The molecule has 0 fully saturated rings. The smallest absolute Gasteiger partial charge is 0.243 e. The summed E-state index contributed by atoms with van der Waals surface area (Å²) in [6.07, 6.45) is 0.864. The van der Waals surface area contributed by atoms with E-state index >= 15 is 0 Å². The van der Waals surface area contributed by atoms with Gasteiger partial charge in [-0.1, -0.05) is 66.6 Å². The van der Waals surface area contributed by atoms with Gasteiger partial charge in [0.2, 0.25) is 11.8 Å². The van der Waals surface area contributed by atoms with Gasteiger partial charge in [0.05, 0.1) is 6.42 Å². The van der Waals surface area contributed by atoms with Gasteiger partial charge in [-0.05, 0) is 45.2 Å². The highest BCUT2D eigenvalue weighted by atomic mass is 16.2. The molecule has 0 saturated heterocycles. The molecule has 0 spiro atoms. The lowest BCUT2D eigenvalue weighted by Gasteiger charge is -2.31. The van der Waals surface area contributed by atoms with E-state index in [0.717, 1.165) is 16.7 Å². The quantitative estimate of drug-likeness (QED) is 0.747. The second kappa shape index (κ2) is 10.1. The van der Waals surface area contributed by atoms with Crippen molar-refractivity contribution in [2.75, 3.05) is 0 Å². The van der Waals surface area contributed by atoms with Crippen LogP contribution >= 0.6 is 0 Å². The van der Waals surface area contributed by atoms with Crippen LogP contribution < -0.4 is 5.32 Å². The van der Waals surface area contributed by atoms with Gasteiger partial charge < -0.3 is 10.2 Å². The average Bonchev–Trinajstić information content (AvgIpc) is 2.62. The number of amides is 2. The fourth-order valence-corrected chi connectivity index (χ4v) is 3.29. The fourth-order valence-electron chi connectivity index (χ4n) is 3.29. The molecule has 2 aromatic carbocycles. The van der Waals surface area contributed by atoms with E-state index in [4.69, 9.17) is 0 Å². The summed E-state index contributed by atoms with van der Waals surface area (Å²) < 4.78 is 0. The van der Waals surface area contributed by atoms with Crippen LogP contribution in [0.25, 0.3) is 0 Å². The van der Waals surface area contributed by atoms with E-state index in [2.05, 4.69) is 5.32 Å². The zero-order valence-corrected chi connectivity index (χ0v) is 17.7. The molecule has 0 aliphatic rings. The second-order valence-corrected chi connectivity index (χ2v) is 7.76. The molecular formula is C24H32N2O2. The first kappa shape index (κ1) is 21.7. The van der Waals surface area contributed by atoms with Crippen LogP contribution in [-0.2, 0) is 22.6 Å². The van der Waals surface area contributed by atoms with Crippen molar-refractivity contribution in [3.8, 4) is 0 Å². The Hall–Kier alpha value is -2.62. The minimum absolute atomic E-state index is 0.0306. The van der Waals surface area contributed by atoms with Crippen LogP contribution in [0.4, 0.5) is 0 Å². The fraction of sp³-hybridized carbons (Fsp3) is 0.417. The van der Waals surface area contributed by atoms with Gasteiger partial charge in [0.25, 0.3) is 0 Å². The van der Waals surface area contributed by atoms with Crippen molar-refractivity contribution in [1.29, 1.82) is 0 Å². The number of carbonyl (C=O) groups is 2. The van der Waals surface area contributed by atoms with E-state index in [0.29, 0.717) is 19.4 Å². The Morgan fingerprint density at radius 3 is 2.21 bits per heavy atom. The Bertz CT molecular complexity index is 797. The molecule has 0 unspecified atom stereocenters. The van der Waals surface area contributed by atoms with Crippen molar-refractivity contribution in [1.82, 2.24) is 10.2 Å². The van der Waals surface area contributed by atoms with Crippen LogP contribution in [-0.4, -0.2) is 28.8 Å². The minimum atomic E-state index is -0.485. The maximum absolute atomic E-state index is 13.2. The highest BCUT2D eigenvalue weighted by molar-refractivity contribution is 5.88. The van der Waals surface area contributed by atoms with Gasteiger partial charge in [-0.2, -0.15) is 0 Å². The Balaban J connectivity index is 2.28. The van der Waals surface area contributed by atoms with Gasteiger partial charge in [-0.15, -0.1) is 0 Å². The van der Waals surface area contributed by atoms with Crippen LogP contribution in [0, 0.1) is 13.8 Å². The number of rotatable bonds is 8. The van der Waals surface area contributed by atoms with Gasteiger partial charge in [0, 0.05) is 12.6 Å². The topological polar surface area (TPSA) is 49.4 Å². The molecule has 2 aromatic rings. The molecule has 2 amide bonds. The number of benzene rings is 2. The molecule has 1 atom stereocenters. The van der Waals surface area contributed by atoms with Gasteiger partial charge in [0.1, 0.15) is 6.04 Å². The van der Waals surface area contributed by atoms with Gasteiger partial charge in [-0.25, -0.2) is 0 Å². The third-order valence-corrected chi connectivity index (χ3v) is 4.73. The lowest BCUT2D eigenvalue weighted by atomic mass is 10.0. The predicted molar refractivity (Wildman–Crippen MR) is 114 cm³/mol. The Morgan fingerprint density at radius 2 is 1.64 bits per heavy atom. The maximum atomic E-state index is 13.2. The minimum Gasteiger partial charge on any atom is -0.352 e. The van der Waals surface area contributed by atoms with Crippen molar-refractivity contribution >= 4 is 11.8 Å². The Labute approximate surface area is 169 Å². The lowest BCUT2D eigenvalue weighted by molar-refractivity contribution is -0.141. The normalized spacial score (nSPS) is 11.9. The van der Waals surface area contributed by atoms with Gasteiger partial charge in [0.15, 0.2) is 0 Å². The van der Waals surface area contributed by atoms with E-state index in [9.17, 15) is 9.59 Å². The highest BCUT2D eigenvalue weighted by Crippen LogP contribution is 2.16. The number of nitrogens with zero attached hydrogens (tertiary/aromatic N) is 1. The van der Waals surface area contributed by atoms with Crippen molar-refractivity contribution in [3.05, 3.63) is 70.8 Å². The summed E-state index contributed by atoms with van der Waals surface area (Å²) in [6.45, 7) is 10.3. The van der Waals surface area contributed by atoms with Crippen LogP contribution in [0.1, 0.15) is 49.4 Å². The standard InChI is InChI=1S/C24H32N2O2/c1-6-22(24(28)25-17(2)3)26(16-20-12-10-18(4)11-13-20)23(27)15-21-9-7-8-19(5)14-21/h7-14,17,22H,6,15-16H2,1-5H3,(H,25,28)/t22-/m1/s1. The van der Waals surface area contributed by atoms with E-state index in [-0.39, 0.29) is 17.9 Å². The van der Waals surface area contributed by atoms with E-state index in [1.807, 2.05) is 83.1 Å². The molecule has 0 aliphatic carbocycles. The van der Waals surface area contributed by atoms with Gasteiger partial charge in [-0.3, -0.25) is 9.59 Å². The van der Waals surface area contributed by atoms with Crippen LogP contribution in [0.15, 0.2) is 48.5 Å². The van der Waals surface area contributed by atoms with E-state index in [1.54, 1.807) is 4.90 Å². The first-order chi connectivity index (χ1) is 13.3. The summed E-state index contributed by atoms with van der Waals surface area (Å²) in [4.78, 5) is 27.7. The zero-order chi connectivity index (χ0) is 20.7. The van der Waals surface area contributed by atoms with Crippen LogP contribution in [0.5, 0.6) is 0 Å². The molecule has 0 radical (unpaired) electrons. The molecule has 1 N–H and O–H groups in total. The zero-order valence-electron chi connectivity index (χ0n) is 17.7. The summed E-state index contributed by atoms with van der Waals surface area (Å²) >= 11 is 0. The average molecular weight is 381 g/mol. The first-order valence-corrected chi connectivity index (χ1v) is 10.0. The van der Waals surface area contributed by atoms with Crippen molar-refractivity contribution < 1.29 is 9.59 Å². The van der Waals surface area contributed by atoms with Crippen molar-refractivity contribution in [2.45, 2.75) is 66.1 Å². The summed E-state index contributed by atoms with van der Waals surface area (Å²) in [7, 11) is 0. The number of carbonyl (C=O) groups excluding carboxylic acids is 2. The predicted octanol–water partition coefficient (Wildman–Crippen LogP) is 4.18. The molecule has 4 nitrogen and oxygen atoms in total. The third kappa shape index (κ3) is 6.22. The molecule has 4 heteroatoms. The number of nitrogens with one attached hydrogen (secondary N) is 1.